The van der Waals surface area contributed by atoms with E-state index in [1.807, 2.05) is 24.3 Å². The molecule has 0 radical (unpaired) electrons. The molecule has 4 heteroatoms. The minimum Gasteiger partial charge on any atom is -0.475 e. The van der Waals surface area contributed by atoms with Gasteiger partial charge < -0.3 is 14.8 Å². The van der Waals surface area contributed by atoms with Crippen LogP contribution in [0.3, 0.4) is 0 Å². The fourth-order valence-electron chi connectivity index (χ4n) is 1.83. The summed E-state index contributed by atoms with van der Waals surface area (Å²) >= 11 is 0. The highest BCUT2D eigenvalue weighted by atomic mass is 16.5. The molecule has 98 valence electrons. The molecule has 0 fully saturated rings. The van der Waals surface area contributed by atoms with Gasteiger partial charge in [0.15, 0.2) is 0 Å². The minimum absolute atomic E-state index is 0.130. The molecule has 0 bridgehead atoms. The Morgan fingerprint density at radius 2 is 2.17 bits per heavy atom. The van der Waals surface area contributed by atoms with Crippen molar-refractivity contribution in [1.29, 1.82) is 0 Å². The summed E-state index contributed by atoms with van der Waals surface area (Å²) in [7, 11) is 1.69. The molecule has 0 aromatic heterocycles. The van der Waals surface area contributed by atoms with Crippen LogP contribution in [0.4, 0.5) is 5.69 Å². The van der Waals surface area contributed by atoms with E-state index in [1.165, 1.54) is 0 Å². The smallest absolute Gasteiger partial charge is 0.218 e. The van der Waals surface area contributed by atoms with Gasteiger partial charge in [-0.1, -0.05) is 12.1 Å². The third-order valence-electron chi connectivity index (χ3n) is 2.75. The molecule has 0 spiro atoms. The van der Waals surface area contributed by atoms with E-state index in [9.17, 15) is 0 Å². The molecule has 0 unspecified atom stereocenters. The van der Waals surface area contributed by atoms with Gasteiger partial charge in [0, 0.05) is 19.3 Å². The molecule has 2 rings (SSSR count). The normalized spacial score (nSPS) is 17.2. The number of ether oxygens (including phenoxy) is 2. The molecule has 1 N–H and O–H groups in total. The van der Waals surface area contributed by atoms with Crippen LogP contribution in [0.1, 0.15) is 19.4 Å². The summed E-state index contributed by atoms with van der Waals surface area (Å²) in [5.41, 5.74) is 1.92. The maximum atomic E-state index is 5.68. The van der Waals surface area contributed by atoms with E-state index in [0.29, 0.717) is 13.2 Å². The average Bonchev–Trinajstić information content (AvgIpc) is 2.71. The highest BCUT2D eigenvalue weighted by Crippen LogP contribution is 2.24. The van der Waals surface area contributed by atoms with Crippen LogP contribution in [0, 0.1) is 0 Å². The first-order chi connectivity index (χ1) is 8.62. The van der Waals surface area contributed by atoms with Crippen molar-refractivity contribution in [1.82, 2.24) is 0 Å². The Kier molecular flexibility index (Phi) is 3.87. The Hall–Kier alpha value is -1.55. The third kappa shape index (κ3) is 3.01. The minimum atomic E-state index is -0.130. The molecule has 1 aromatic rings. The summed E-state index contributed by atoms with van der Waals surface area (Å²) in [6.45, 7) is 6.22. The first kappa shape index (κ1) is 12.9. The van der Waals surface area contributed by atoms with Gasteiger partial charge >= 0.3 is 0 Å². The number of nitrogens with zero attached hydrogens (tertiary/aromatic N) is 1. The predicted octanol–water partition coefficient (Wildman–Crippen LogP) is 2.30. The van der Waals surface area contributed by atoms with E-state index in [-0.39, 0.29) is 5.54 Å². The second-order valence-electron chi connectivity index (χ2n) is 4.98. The van der Waals surface area contributed by atoms with Gasteiger partial charge in [-0.2, -0.15) is 0 Å². The van der Waals surface area contributed by atoms with Crippen LogP contribution < -0.4 is 5.32 Å². The first-order valence-electron chi connectivity index (χ1n) is 6.17. The van der Waals surface area contributed by atoms with Crippen LogP contribution in [0.5, 0.6) is 0 Å². The third-order valence-corrected chi connectivity index (χ3v) is 2.75. The van der Waals surface area contributed by atoms with E-state index >= 15 is 0 Å². The summed E-state index contributed by atoms with van der Waals surface area (Å²) in [5.74, 6) is 0.723. The van der Waals surface area contributed by atoms with Gasteiger partial charge in [-0.3, -0.25) is 0 Å². The van der Waals surface area contributed by atoms with Crippen LogP contribution in [0.2, 0.25) is 0 Å². The lowest BCUT2D eigenvalue weighted by Gasteiger charge is -2.11. The van der Waals surface area contributed by atoms with E-state index < -0.39 is 0 Å². The Balaban J connectivity index is 2.18. The lowest BCUT2D eigenvalue weighted by atomic mass is 10.1. The Morgan fingerprint density at radius 3 is 2.83 bits per heavy atom. The van der Waals surface area contributed by atoms with Crippen molar-refractivity contribution in [3.8, 4) is 0 Å². The number of anilines is 1. The molecule has 1 aromatic carbocycles. The number of methoxy groups -OCH3 is 1. The molecule has 1 aliphatic heterocycles. The molecule has 1 heterocycles. The van der Waals surface area contributed by atoms with Crippen LogP contribution >= 0.6 is 0 Å². The van der Waals surface area contributed by atoms with Gasteiger partial charge in [-0.15, -0.1) is 0 Å². The van der Waals surface area contributed by atoms with Crippen LogP contribution in [0.25, 0.3) is 0 Å². The van der Waals surface area contributed by atoms with Gasteiger partial charge in [0.05, 0.1) is 17.7 Å². The second kappa shape index (κ2) is 5.40. The zero-order valence-corrected chi connectivity index (χ0v) is 11.2. The SMILES string of the molecule is COCCNc1ccccc1C1=NC(C)(C)CO1. The summed E-state index contributed by atoms with van der Waals surface area (Å²) in [5, 5.41) is 3.33. The van der Waals surface area contributed by atoms with E-state index in [0.717, 1.165) is 23.7 Å². The van der Waals surface area contributed by atoms with E-state index in [2.05, 4.69) is 24.2 Å². The van der Waals surface area contributed by atoms with E-state index in [1.54, 1.807) is 7.11 Å². The zero-order valence-electron chi connectivity index (χ0n) is 11.2. The number of para-hydroxylation sites is 1. The van der Waals surface area contributed by atoms with Gasteiger partial charge in [0.1, 0.15) is 6.61 Å². The van der Waals surface area contributed by atoms with E-state index in [4.69, 9.17) is 9.47 Å². The highest BCUT2D eigenvalue weighted by Gasteiger charge is 2.27. The summed E-state index contributed by atoms with van der Waals surface area (Å²) in [4.78, 5) is 4.60. The van der Waals surface area contributed by atoms with Crippen molar-refractivity contribution in [2.45, 2.75) is 19.4 Å². The average molecular weight is 248 g/mol. The number of nitrogens with one attached hydrogen (secondary N) is 1. The van der Waals surface area contributed by atoms with Crippen LogP contribution in [-0.2, 0) is 9.47 Å². The Morgan fingerprint density at radius 1 is 1.39 bits per heavy atom. The van der Waals surface area contributed by atoms with Gasteiger partial charge in [0.25, 0.3) is 0 Å². The van der Waals surface area contributed by atoms with Crippen LogP contribution in [0.15, 0.2) is 29.3 Å². The Labute approximate surface area is 108 Å². The second-order valence-corrected chi connectivity index (χ2v) is 4.98. The lowest BCUT2D eigenvalue weighted by Crippen LogP contribution is -2.17. The zero-order chi connectivity index (χ0) is 13.0. The topological polar surface area (TPSA) is 42.8 Å². The molecule has 0 amide bonds. The number of aliphatic imine (C=N–C) groups is 1. The molecule has 0 aliphatic carbocycles. The molecular formula is C14H20N2O2. The Bertz CT molecular complexity index is 441. The summed E-state index contributed by atoms with van der Waals surface area (Å²) < 4.78 is 10.7. The number of benzene rings is 1. The summed E-state index contributed by atoms with van der Waals surface area (Å²) in [6.07, 6.45) is 0. The lowest BCUT2D eigenvalue weighted by molar-refractivity contribution is 0.211. The van der Waals surface area contributed by atoms with Gasteiger partial charge in [-0.05, 0) is 26.0 Å². The first-order valence-corrected chi connectivity index (χ1v) is 6.17. The van der Waals surface area contributed by atoms with Crippen LogP contribution in [-0.4, -0.2) is 38.3 Å². The van der Waals surface area contributed by atoms with Crippen molar-refractivity contribution in [2.24, 2.45) is 4.99 Å². The van der Waals surface area contributed by atoms with Crippen molar-refractivity contribution >= 4 is 11.6 Å². The molecule has 18 heavy (non-hydrogen) atoms. The fourth-order valence-corrected chi connectivity index (χ4v) is 1.83. The van der Waals surface area contributed by atoms with Gasteiger partial charge in [0.2, 0.25) is 5.90 Å². The number of rotatable bonds is 5. The van der Waals surface area contributed by atoms with Crippen molar-refractivity contribution in [3.63, 3.8) is 0 Å². The number of hydrogen-bond donors (Lipinski definition) is 1. The maximum absolute atomic E-state index is 5.68. The molecule has 0 saturated carbocycles. The molecule has 0 saturated heterocycles. The highest BCUT2D eigenvalue weighted by molar-refractivity contribution is 6.00. The molecule has 1 aliphatic rings. The molecule has 4 nitrogen and oxygen atoms in total. The van der Waals surface area contributed by atoms with Crippen molar-refractivity contribution in [3.05, 3.63) is 29.8 Å². The quantitative estimate of drug-likeness (QED) is 0.813. The van der Waals surface area contributed by atoms with Gasteiger partial charge in [-0.25, -0.2) is 4.99 Å². The summed E-state index contributed by atoms with van der Waals surface area (Å²) in [6, 6.07) is 8.05. The maximum Gasteiger partial charge on any atom is 0.218 e. The van der Waals surface area contributed by atoms with Crippen molar-refractivity contribution < 1.29 is 9.47 Å². The molecule has 0 atom stereocenters. The number of hydrogen-bond acceptors (Lipinski definition) is 4. The standard InChI is InChI=1S/C14H20N2O2/c1-14(2)10-18-13(16-14)11-6-4-5-7-12(11)15-8-9-17-3/h4-7,15H,8-10H2,1-3H3. The fraction of sp³-hybridized carbons (Fsp3) is 0.500. The monoisotopic (exact) mass is 248 g/mol. The van der Waals surface area contributed by atoms with Crippen molar-refractivity contribution in [2.75, 3.05) is 32.2 Å². The predicted molar refractivity (Wildman–Crippen MR) is 73.4 cm³/mol. The largest absolute Gasteiger partial charge is 0.475 e. The molecular weight excluding hydrogens is 228 g/mol.